The summed E-state index contributed by atoms with van der Waals surface area (Å²) in [6, 6.07) is 1.53. The fraction of sp³-hybridized carbons (Fsp3) is 0.429. The number of halogens is 3. The highest BCUT2D eigenvalue weighted by Gasteiger charge is 2.33. The summed E-state index contributed by atoms with van der Waals surface area (Å²) < 4.78 is 42.5. The molecule has 1 aromatic rings. The molecule has 2 heterocycles. The molecule has 0 aliphatic carbocycles. The normalized spacial score (nSPS) is 15.6. The maximum absolute atomic E-state index is 12.5. The topological polar surface area (TPSA) is 131 Å². The summed E-state index contributed by atoms with van der Waals surface area (Å²) in [5.41, 5.74) is 8.38. The third kappa shape index (κ3) is 5.14. The predicted molar refractivity (Wildman–Crippen MR) is 82.2 cm³/mol. The van der Waals surface area contributed by atoms with Crippen LogP contribution in [0.3, 0.4) is 0 Å². The van der Waals surface area contributed by atoms with Gasteiger partial charge in [-0.05, 0) is 12.1 Å². The van der Waals surface area contributed by atoms with Gasteiger partial charge < -0.3 is 21.1 Å². The fourth-order valence-corrected chi connectivity index (χ4v) is 2.09. The van der Waals surface area contributed by atoms with Gasteiger partial charge in [0.05, 0.1) is 25.5 Å². The number of nitrogens with two attached hydrogens (primary N) is 2. The lowest BCUT2D eigenvalue weighted by atomic mass is 10.1. The van der Waals surface area contributed by atoms with Crippen molar-refractivity contribution in [1.82, 2.24) is 14.9 Å². The first-order valence-corrected chi connectivity index (χ1v) is 7.24. The standard InChI is InChI=1S/C14H17F3N6O2/c15-14(16,17)11(19)3-10(18)12(24)23(4-8-6-25-7-8)5-9-1-2-21-13(20)22-9/h1-3,8,18H,4-7,19H2,(H2,20,21,22). The SMILES string of the molecule is N=C(C=C(N)C(F)(F)F)C(=O)N(Cc1ccnc(N)n1)CC1COC1. The highest BCUT2D eigenvalue weighted by atomic mass is 19.4. The van der Waals surface area contributed by atoms with E-state index in [0.29, 0.717) is 25.0 Å². The molecule has 25 heavy (non-hydrogen) atoms. The number of ether oxygens (including phenoxy) is 1. The van der Waals surface area contributed by atoms with Gasteiger partial charge >= 0.3 is 6.18 Å². The van der Waals surface area contributed by atoms with Crippen LogP contribution in [0.2, 0.25) is 0 Å². The maximum atomic E-state index is 12.5. The second-order valence-electron chi connectivity index (χ2n) is 5.51. The Morgan fingerprint density at radius 3 is 2.68 bits per heavy atom. The van der Waals surface area contributed by atoms with Gasteiger partial charge in [0.25, 0.3) is 5.91 Å². The number of allylic oxidation sites excluding steroid dienone is 1. The summed E-state index contributed by atoms with van der Waals surface area (Å²) in [6.07, 6.45) is -3.10. The highest BCUT2D eigenvalue weighted by Crippen LogP contribution is 2.21. The first-order valence-electron chi connectivity index (χ1n) is 7.24. The van der Waals surface area contributed by atoms with Gasteiger partial charge in [0.1, 0.15) is 11.4 Å². The Hall–Kier alpha value is -2.69. The molecule has 1 saturated heterocycles. The van der Waals surface area contributed by atoms with Crippen LogP contribution in [0.15, 0.2) is 24.0 Å². The minimum Gasteiger partial charge on any atom is -0.395 e. The number of rotatable bonds is 6. The van der Waals surface area contributed by atoms with Crippen molar-refractivity contribution in [3.05, 3.63) is 29.7 Å². The smallest absolute Gasteiger partial charge is 0.395 e. The molecule has 1 aliphatic heterocycles. The van der Waals surface area contributed by atoms with Crippen molar-refractivity contribution in [2.45, 2.75) is 12.7 Å². The second-order valence-corrected chi connectivity index (χ2v) is 5.51. The number of amides is 1. The van der Waals surface area contributed by atoms with E-state index in [-0.39, 0.29) is 25.0 Å². The van der Waals surface area contributed by atoms with Gasteiger partial charge in [-0.1, -0.05) is 0 Å². The van der Waals surface area contributed by atoms with Crippen molar-refractivity contribution < 1.29 is 22.7 Å². The number of aromatic nitrogens is 2. The van der Waals surface area contributed by atoms with Crippen molar-refractivity contribution in [3.8, 4) is 0 Å². The molecule has 2 rings (SSSR count). The van der Waals surface area contributed by atoms with E-state index < -0.39 is 23.5 Å². The molecule has 0 saturated carbocycles. The molecule has 11 heteroatoms. The zero-order valence-electron chi connectivity index (χ0n) is 13.1. The Bertz CT molecular complexity index is 687. The average Bonchev–Trinajstić information content (AvgIpc) is 2.47. The Kier molecular flexibility index (Phi) is 5.57. The lowest BCUT2D eigenvalue weighted by molar-refractivity contribution is -0.128. The molecule has 0 bridgehead atoms. The monoisotopic (exact) mass is 358 g/mol. The van der Waals surface area contributed by atoms with Gasteiger partial charge in [0.2, 0.25) is 5.95 Å². The summed E-state index contributed by atoms with van der Waals surface area (Å²) in [5.74, 6) is -0.843. The molecule has 0 radical (unpaired) electrons. The molecule has 0 aromatic carbocycles. The molecular formula is C14H17F3N6O2. The van der Waals surface area contributed by atoms with Gasteiger partial charge in [0.15, 0.2) is 0 Å². The number of carbonyl (C=O) groups is 1. The van der Waals surface area contributed by atoms with Gasteiger partial charge in [-0.15, -0.1) is 0 Å². The molecule has 1 amide bonds. The zero-order valence-corrected chi connectivity index (χ0v) is 13.1. The molecular weight excluding hydrogens is 341 g/mol. The lowest BCUT2D eigenvalue weighted by Gasteiger charge is -2.32. The number of carbonyl (C=O) groups excluding carboxylic acids is 1. The van der Waals surface area contributed by atoms with E-state index >= 15 is 0 Å². The minimum atomic E-state index is -4.81. The molecule has 0 spiro atoms. The number of nitrogens with zero attached hydrogens (tertiary/aromatic N) is 3. The average molecular weight is 358 g/mol. The first-order chi connectivity index (χ1) is 11.7. The number of alkyl halides is 3. The van der Waals surface area contributed by atoms with Crippen LogP contribution >= 0.6 is 0 Å². The molecule has 5 N–H and O–H groups in total. The third-order valence-electron chi connectivity index (χ3n) is 3.42. The van der Waals surface area contributed by atoms with E-state index in [0.717, 1.165) is 0 Å². The number of nitrogens with one attached hydrogen (secondary N) is 1. The summed E-state index contributed by atoms with van der Waals surface area (Å²) in [4.78, 5) is 21.3. The molecule has 0 atom stereocenters. The van der Waals surface area contributed by atoms with E-state index in [4.69, 9.17) is 21.6 Å². The minimum absolute atomic E-state index is 0.00756. The van der Waals surface area contributed by atoms with Crippen LogP contribution in [-0.4, -0.2) is 52.4 Å². The summed E-state index contributed by atoms with van der Waals surface area (Å²) >= 11 is 0. The van der Waals surface area contributed by atoms with Crippen LogP contribution in [0.25, 0.3) is 0 Å². The molecule has 1 aromatic heterocycles. The van der Waals surface area contributed by atoms with Gasteiger partial charge in [0, 0.05) is 18.7 Å². The Morgan fingerprint density at radius 1 is 1.48 bits per heavy atom. The quantitative estimate of drug-likeness (QED) is 0.633. The van der Waals surface area contributed by atoms with Crippen LogP contribution < -0.4 is 11.5 Å². The van der Waals surface area contributed by atoms with Crippen LogP contribution in [0, 0.1) is 11.3 Å². The van der Waals surface area contributed by atoms with Gasteiger partial charge in [-0.2, -0.15) is 13.2 Å². The lowest BCUT2D eigenvalue weighted by Crippen LogP contribution is -2.44. The van der Waals surface area contributed by atoms with E-state index in [2.05, 4.69) is 9.97 Å². The van der Waals surface area contributed by atoms with Crippen LogP contribution in [-0.2, 0) is 16.1 Å². The molecule has 8 nitrogen and oxygen atoms in total. The molecule has 136 valence electrons. The molecule has 1 aliphatic rings. The van der Waals surface area contributed by atoms with Crippen LogP contribution in [0.1, 0.15) is 5.69 Å². The number of hydrogen-bond donors (Lipinski definition) is 3. The van der Waals surface area contributed by atoms with Gasteiger partial charge in [-0.25, -0.2) is 9.97 Å². The Morgan fingerprint density at radius 2 is 2.16 bits per heavy atom. The van der Waals surface area contributed by atoms with Crippen molar-refractivity contribution in [3.63, 3.8) is 0 Å². The van der Waals surface area contributed by atoms with Crippen molar-refractivity contribution >= 4 is 17.6 Å². The number of anilines is 1. The van der Waals surface area contributed by atoms with E-state index in [1.165, 1.54) is 17.2 Å². The van der Waals surface area contributed by atoms with Crippen LogP contribution in [0.4, 0.5) is 19.1 Å². The zero-order chi connectivity index (χ0) is 18.6. The predicted octanol–water partition coefficient (Wildman–Crippen LogP) is 0.458. The van der Waals surface area contributed by atoms with Crippen molar-refractivity contribution in [2.24, 2.45) is 11.7 Å². The number of nitrogen functional groups attached to an aromatic ring is 1. The van der Waals surface area contributed by atoms with E-state index in [9.17, 15) is 18.0 Å². The third-order valence-corrected chi connectivity index (χ3v) is 3.42. The summed E-state index contributed by atoms with van der Waals surface area (Å²) in [6.45, 7) is 1.06. The van der Waals surface area contributed by atoms with Gasteiger partial charge in [-0.3, -0.25) is 10.2 Å². The van der Waals surface area contributed by atoms with E-state index in [1.807, 2.05) is 0 Å². The Balaban J connectivity index is 2.16. The first kappa shape index (κ1) is 18.6. The second kappa shape index (κ2) is 7.47. The van der Waals surface area contributed by atoms with Crippen molar-refractivity contribution in [2.75, 3.05) is 25.5 Å². The van der Waals surface area contributed by atoms with Crippen LogP contribution in [0.5, 0.6) is 0 Å². The summed E-state index contributed by atoms with van der Waals surface area (Å²) in [5, 5.41) is 7.63. The van der Waals surface area contributed by atoms with Crippen molar-refractivity contribution in [1.29, 1.82) is 5.41 Å². The molecule has 1 fully saturated rings. The molecule has 0 unspecified atom stereocenters. The Labute approximate surface area is 141 Å². The maximum Gasteiger partial charge on any atom is 0.430 e. The highest BCUT2D eigenvalue weighted by molar-refractivity contribution is 6.42. The fourth-order valence-electron chi connectivity index (χ4n) is 2.09. The number of hydrogen-bond acceptors (Lipinski definition) is 7. The van der Waals surface area contributed by atoms with E-state index in [1.54, 1.807) is 0 Å². The summed E-state index contributed by atoms with van der Waals surface area (Å²) in [7, 11) is 0. The largest absolute Gasteiger partial charge is 0.430 e.